The van der Waals surface area contributed by atoms with Crippen molar-refractivity contribution < 1.29 is 19.4 Å². The van der Waals surface area contributed by atoms with E-state index in [9.17, 15) is 9.59 Å². The molecule has 0 aliphatic rings. The summed E-state index contributed by atoms with van der Waals surface area (Å²) in [5.41, 5.74) is 5.97. The number of phenolic OH excluding ortho intramolecular Hbond substituents is 1. The van der Waals surface area contributed by atoms with Crippen molar-refractivity contribution in [2.45, 2.75) is 26.2 Å². The van der Waals surface area contributed by atoms with Gasteiger partial charge in [-0.2, -0.15) is 0 Å². The van der Waals surface area contributed by atoms with Crippen molar-refractivity contribution in [2.24, 2.45) is 11.7 Å². The number of carbonyl (C=O) groups is 2. The first-order valence-corrected chi connectivity index (χ1v) is 6.28. The highest BCUT2D eigenvalue weighted by Gasteiger charge is 2.26. The molecule has 1 aromatic carbocycles. The molecule has 0 radical (unpaired) electrons. The summed E-state index contributed by atoms with van der Waals surface area (Å²) in [6, 6.07) is 6.28. The molecular formula is C14H19NO4. The zero-order valence-corrected chi connectivity index (χ0v) is 11.0. The highest BCUT2D eigenvalue weighted by atomic mass is 16.5. The molecule has 104 valence electrons. The van der Waals surface area contributed by atoms with E-state index in [1.54, 1.807) is 12.1 Å². The number of rotatable bonds is 7. The number of aromatic hydroxyl groups is 1. The summed E-state index contributed by atoms with van der Waals surface area (Å²) in [6.45, 7) is 2.28. The van der Waals surface area contributed by atoms with E-state index in [0.29, 0.717) is 6.61 Å². The second kappa shape index (κ2) is 7.41. The number of ether oxygens (including phenoxy) is 1. The van der Waals surface area contributed by atoms with Crippen LogP contribution in [0.5, 0.6) is 5.75 Å². The maximum atomic E-state index is 11.8. The number of unbranched alkanes of at least 4 members (excludes halogenated alkanes) is 1. The van der Waals surface area contributed by atoms with Crippen LogP contribution < -0.4 is 5.73 Å². The summed E-state index contributed by atoms with van der Waals surface area (Å²) in [6.07, 6.45) is 1.85. The molecule has 1 rings (SSSR count). The lowest BCUT2D eigenvalue weighted by Crippen LogP contribution is -2.33. The van der Waals surface area contributed by atoms with Crippen molar-refractivity contribution in [3.8, 4) is 5.75 Å². The fourth-order valence-corrected chi connectivity index (χ4v) is 1.59. The van der Waals surface area contributed by atoms with Gasteiger partial charge < -0.3 is 15.6 Å². The fraction of sp³-hybridized carbons (Fsp3) is 0.429. The van der Waals surface area contributed by atoms with Gasteiger partial charge >= 0.3 is 5.97 Å². The normalized spacial score (nSPS) is 11.8. The molecule has 3 N–H and O–H groups in total. The minimum atomic E-state index is -0.985. The smallest absolute Gasteiger partial charge is 0.318 e. The molecule has 0 heterocycles. The number of primary amides is 1. The molecule has 1 atom stereocenters. The fourth-order valence-electron chi connectivity index (χ4n) is 1.59. The van der Waals surface area contributed by atoms with Gasteiger partial charge in [0.25, 0.3) is 0 Å². The van der Waals surface area contributed by atoms with Crippen LogP contribution in [0.2, 0.25) is 0 Å². The van der Waals surface area contributed by atoms with Crippen LogP contribution in [0.1, 0.15) is 25.3 Å². The Labute approximate surface area is 112 Å². The quantitative estimate of drug-likeness (QED) is 0.443. The number of benzene rings is 1. The average molecular weight is 265 g/mol. The third kappa shape index (κ3) is 4.99. The first kappa shape index (κ1) is 15.0. The van der Waals surface area contributed by atoms with Crippen molar-refractivity contribution in [1.82, 2.24) is 0 Å². The summed E-state index contributed by atoms with van der Waals surface area (Å²) < 4.78 is 5.01. The van der Waals surface area contributed by atoms with Crippen LogP contribution in [0.4, 0.5) is 0 Å². The Hall–Kier alpha value is -2.04. The lowest BCUT2D eigenvalue weighted by atomic mass is 9.99. The second-order valence-electron chi connectivity index (χ2n) is 4.35. The van der Waals surface area contributed by atoms with Crippen molar-refractivity contribution in [3.05, 3.63) is 29.8 Å². The minimum Gasteiger partial charge on any atom is -0.508 e. The number of esters is 1. The average Bonchev–Trinajstić information content (AvgIpc) is 2.37. The maximum absolute atomic E-state index is 11.8. The third-order valence-corrected chi connectivity index (χ3v) is 2.75. The number of carbonyl (C=O) groups excluding carboxylic acids is 2. The van der Waals surface area contributed by atoms with Gasteiger partial charge in [0, 0.05) is 0 Å². The zero-order valence-electron chi connectivity index (χ0n) is 11.0. The molecule has 0 aromatic heterocycles. The van der Waals surface area contributed by atoms with Gasteiger partial charge in [-0.3, -0.25) is 9.59 Å². The van der Waals surface area contributed by atoms with Gasteiger partial charge in [-0.05, 0) is 30.5 Å². The number of amides is 1. The van der Waals surface area contributed by atoms with Gasteiger partial charge in [0.2, 0.25) is 5.91 Å². The maximum Gasteiger partial charge on any atom is 0.318 e. The molecule has 1 amide bonds. The van der Waals surface area contributed by atoms with Crippen molar-refractivity contribution in [3.63, 3.8) is 0 Å². The van der Waals surface area contributed by atoms with Crippen LogP contribution >= 0.6 is 0 Å². The molecular weight excluding hydrogens is 246 g/mol. The second-order valence-corrected chi connectivity index (χ2v) is 4.35. The first-order valence-electron chi connectivity index (χ1n) is 6.28. The molecule has 0 aliphatic heterocycles. The summed E-state index contributed by atoms with van der Waals surface area (Å²) in [5.74, 6) is -2.14. The Morgan fingerprint density at radius 2 is 1.95 bits per heavy atom. The lowest BCUT2D eigenvalue weighted by molar-refractivity contribution is -0.151. The van der Waals surface area contributed by atoms with E-state index in [1.165, 1.54) is 12.1 Å². The summed E-state index contributed by atoms with van der Waals surface area (Å²) in [5, 5.41) is 9.17. The number of hydrogen-bond donors (Lipinski definition) is 2. The minimum absolute atomic E-state index is 0.130. The first-order chi connectivity index (χ1) is 9.04. The van der Waals surface area contributed by atoms with Gasteiger partial charge in [-0.1, -0.05) is 25.5 Å². The number of nitrogens with two attached hydrogens (primary N) is 1. The molecule has 0 aliphatic carbocycles. The molecule has 0 spiro atoms. The topological polar surface area (TPSA) is 89.6 Å². The van der Waals surface area contributed by atoms with Gasteiger partial charge in [-0.15, -0.1) is 0 Å². The van der Waals surface area contributed by atoms with E-state index in [1.807, 2.05) is 6.92 Å². The van der Waals surface area contributed by atoms with Gasteiger partial charge in [0.15, 0.2) is 0 Å². The van der Waals surface area contributed by atoms with Crippen LogP contribution in [-0.2, 0) is 20.7 Å². The molecule has 1 unspecified atom stereocenters. The zero-order chi connectivity index (χ0) is 14.3. The summed E-state index contributed by atoms with van der Waals surface area (Å²) in [7, 11) is 0. The Morgan fingerprint density at radius 3 is 2.47 bits per heavy atom. The highest BCUT2D eigenvalue weighted by Crippen LogP contribution is 2.14. The Morgan fingerprint density at radius 1 is 1.32 bits per heavy atom. The van der Waals surface area contributed by atoms with Gasteiger partial charge in [0.05, 0.1) is 6.61 Å². The number of hydrogen-bond acceptors (Lipinski definition) is 4. The summed E-state index contributed by atoms with van der Waals surface area (Å²) >= 11 is 0. The Balaban J connectivity index is 2.64. The predicted molar refractivity (Wildman–Crippen MR) is 70.4 cm³/mol. The largest absolute Gasteiger partial charge is 0.508 e. The van der Waals surface area contributed by atoms with Crippen LogP contribution in [0.25, 0.3) is 0 Å². The molecule has 0 saturated carbocycles. The molecule has 0 fully saturated rings. The highest BCUT2D eigenvalue weighted by molar-refractivity contribution is 5.97. The third-order valence-electron chi connectivity index (χ3n) is 2.75. The molecule has 5 nitrogen and oxygen atoms in total. The van der Waals surface area contributed by atoms with Crippen molar-refractivity contribution in [2.75, 3.05) is 6.61 Å². The van der Waals surface area contributed by atoms with Crippen molar-refractivity contribution >= 4 is 11.9 Å². The molecule has 1 aromatic rings. The van der Waals surface area contributed by atoms with E-state index in [2.05, 4.69) is 0 Å². The van der Waals surface area contributed by atoms with E-state index < -0.39 is 17.8 Å². The molecule has 5 heteroatoms. The van der Waals surface area contributed by atoms with E-state index in [-0.39, 0.29) is 12.2 Å². The van der Waals surface area contributed by atoms with Crippen LogP contribution in [0, 0.1) is 5.92 Å². The lowest BCUT2D eigenvalue weighted by Gasteiger charge is -2.13. The Kier molecular flexibility index (Phi) is 5.85. The monoisotopic (exact) mass is 265 g/mol. The van der Waals surface area contributed by atoms with E-state index in [0.717, 1.165) is 18.4 Å². The van der Waals surface area contributed by atoms with Gasteiger partial charge in [0.1, 0.15) is 11.7 Å². The number of phenols is 1. The van der Waals surface area contributed by atoms with Crippen LogP contribution in [-0.4, -0.2) is 23.6 Å². The van der Waals surface area contributed by atoms with E-state index >= 15 is 0 Å². The Bertz CT molecular complexity index is 428. The summed E-state index contributed by atoms with van der Waals surface area (Å²) in [4.78, 5) is 23.1. The van der Waals surface area contributed by atoms with Crippen LogP contribution in [0.15, 0.2) is 24.3 Å². The standard InChI is InChI=1S/C14H19NO4/c1-2-3-8-19-14(18)12(13(15)17)9-10-4-6-11(16)7-5-10/h4-7,12,16H,2-3,8-9H2,1H3,(H2,15,17). The molecule has 0 saturated heterocycles. The SMILES string of the molecule is CCCCOC(=O)C(Cc1ccc(O)cc1)C(N)=O. The molecule has 19 heavy (non-hydrogen) atoms. The van der Waals surface area contributed by atoms with Crippen molar-refractivity contribution in [1.29, 1.82) is 0 Å². The van der Waals surface area contributed by atoms with E-state index in [4.69, 9.17) is 15.6 Å². The molecule has 0 bridgehead atoms. The van der Waals surface area contributed by atoms with Crippen LogP contribution in [0.3, 0.4) is 0 Å². The van der Waals surface area contributed by atoms with Gasteiger partial charge in [-0.25, -0.2) is 0 Å². The predicted octanol–water partition coefficient (Wildman–Crippen LogP) is 1.38.